The van der Waals surface area contributed by atoms with Gasteiger partial charge in [0.05, 0.1) is 14.1 Å². The van der Waals surface area contributed by atoms with Gasteiger partial charge in [0.15, 0.2) is 12.5 Å². The monoisotopic (exact) mass is 289 g/mol. The molecule has 0 saturated carbocycles. The lowest BCUT2D eigenvalue weighted by Crippen LogP contribution is -2.44. The predicted molar refractivity (Wildman–Crippen MR) is 84.0 cm³/mol. The Balaban J connectivity index is 3.38. The van der Waals surface area contributed by atoms with Crippen molar-refractivity contribution in [1.82, 2.24) is 0 Å². The molecule has 4 heteroatoms. The maximum Gasteiger partial charge on any atom is 0.192 e. The van der Waals surface area contributed by atoms with Gasteiger partial charge in [-0.25, -0.2) is 0 Å². The van der Waals surface area contributed by atoms with Crippen LogP contribution in [0.15, 0.2) is 0 Å². The summed E-state index contributed by atoms with van der Waals surface area (Å²) in [7, 11) is 3.16. The van der Waals surface area contributed by atoms with Gasteiger partial charge in [0.25, 0.3) is 0 Å². The molecule has 0 rings (SSSR count). The Kier molecular flexibility index (Phi) is 11.4. The fourth-order valence-electron chi connectivity index (χ4n) is 1.95. The van der Waals surface area contributed by atoms with Crippen LogP contribution in [-0.2, 0) is 9.47 Å². The second kappa shape index (κ2) is 11.5. The van der Waals surface area contributed by atoms with E-state index in [1.807, 2.05) is 6.92 Å². The standard InChI is InChI=1S/C16H35NO3/c1-6-7-8-9-10-11-12-13-14-19-16(3)20-15(2)17(4,5)18/h15-16H,6-14H2,1-5H3. The zero-order valence-corrected chi connectivity index (χ0v) is 14.2. The molecule has 0 saturated heterocycles. The molecule has 0 aromatic carbocycles. The first-order valence-electron chi connectivity index (χ1n) is 8.19. The fourth-order valence-corrected chi connectivity index (χ4v) is 1.95. The van der Waals surface area contributed by atoms with Crippen LogP contribution in [0.25, 0.3) is 0 Å². The van der Waals surface area contributed by atoms with Gasteiger partial charge in [-0.05, 0) is 13.3 Å². The fraction of sp³-hybridized carbons (Fsp3) is 1.00. The summed E-state index contributed by atoms with van der Waals surface area (Å²) in [5, 5.41) is 11.6. The quantitative estimate of drug-likeness (QED) is 0.218. The van der Waals surface area contributed by atoms with Crippen LogP contribution in [0.4, 0.5) is 0 Å². The molecular weight excluding hydrogens is 254 g/mol. The van der Waals surface area contributed by atoms with E-state index in [1.165, 1.54) is 44.9 Å². The Morgan fingerprint density at radius 2 is 1.40 bits per heavy atom. The number of hydrogen-bond donors (Lipinski definition) is 0. The highest BCUT2D eigenvalue weighted by Gasteiger charge is 2.18. The molecule has 0 aromatic heterocycles. The first kappa shape index (κ1) is 19.8. The highest BCUT2D eigenvalue weighted by molar-refractivity contribution is 4.46. The topological polar surface area (TPSA) is 41.5 Å². The third kappa shape index (κ3) is 11.6. The van der Waals surface area contributed by atoms with Crippen molar-refractivity contribution in [3.8, 4) is 0 Å². The van der Waals surface area contributed by atoms with E-state index >= 15 is 0 Å². The van der Waals surface area contributed by atoms with Gasteiger partial charge in [-0.3, -0.25) is 0 Å². The Morgan fingerprint density at radius 1 is 0.900 bits per heavy atom. The molecule has 0 bridgehead atoms. The maximum absolute atomic E-state index is 11.6. The van der Waals surface area contributed by atoms with Crippen LogP contribution in [0, 0.1) is 5.21 Å². The molecule has 0 amide bonds. The van der Waals surface area contributed by atoms with Crippen molar-refractivity contribution in [2.45, 2.75) is 84.7 Å². The minimum absolute atomic E-state index is 0.305. The predicted octanol–water partition coefficient (Wildman–Crippen LogP) is 4.43. The molecule has 0 aromatic rings. The highest BCUT2D eigenvalue weighted by Crippen LogP contribution is 2.11. The normalized spacial score (nSPS) is 15.3. The highest BCUT2D eigenvalue weighted by atomic mass is 16.7. The molecule has 4 nitrogen and oxygen atoms in total. The summed E-state index contributed by atoms with van der Waals surface area (Å²) in [5.41, 5.74) is 0. The smallest absolute Gasteiger partial charge is 0.192 e. The Morgan fingerprint density at radius 3 is 1.90 bits per heavy atom. The third-order valence-electron chi connectivity index (χ3n) is 3.61. The van der Waals surface area contributed by atoms with Crippen LogP contribution < -0.4 is 0 Å². The largest absolute Gasteiger partial charge is 0.631 e. The average Bonchev–Trinajstić information content (AvgIpc) is 2.35. The molecule has 0 N–H and O–H groups in total. The lowest BCUT2D eigenvalue weighted by molar-refractivity contribution is -0.891. The summed E-state index contributed by atoms with van der Waals surface area (Å²) in [4.78, 5) is 0. The summed E-state index contributed by atoms with van der Waals surface area (Å²) in [6, 6.07) is 0. The second-order valence-corrected chi connectivity index (χ2v) is 6.08. The van der Waals surface area contributed by atoms with Crippen LogP contribution in [0.1, 0.15) is 72.1 Å². The van der Waals surface area contributed by atoms with Crippen molar-refractivity contribution in [2.75, 3.05) is 20.7 Å². The van der Waals surface area contributed by atoms with E-state index in [9.17, 15) is 5.21 Å². The van der Waals surface area contributed by atoms with Gasteiger partial charge in [0.2, 0.25) is 0 Å². The number of nitrogens with zero attached hydrogens (tertiary/aromatic N) is 1. The molecule has 0 spiro atoms. The average molecular weight is 289 g/mol. The Labute approximate surface area is 125 Å². The van der Waals surface area contributed by atoms with Crippen molar-refractivity contribution < 1.29 is 14.1 Å². The summed E-state index contributed by atoms with van der Waals surface area (Å²) in [5.74, 6) is 0. The minimum Gasteiger partial charge on any atom is -0.631 e. The molecule has 0 aliphatic heterocycles. The molecule has 0 heterocycles. The number of quaternary nitrogens is 1. The van der Waals surface area contributed by atoms with E-state index in [1.54, 1.807) is 21.0 Å². The molecule has 20 heavy (non-hydrogen) atoms. The molecular formula is C16H35NO3. The first-order valence-corrected chi connectivity index (χ1v) is 8.19. The van der Waals surface area contributed by atoms with Gasteiger partial charge in [-0.1, -0.05) is 51.9 Å². The molecule has 0 aliphatic carbocycles. The van der Waals surface area contributed by atoms with E-state index in [2.05, 4.69) is 6.92 Å². The number of hydroxylamine groups is 3. The Bertz CT molecular complexity index is 216. The van der Waals surface area contributed by atoms with E-state index in [4.69, 9.17) is 9.47 Å². The van der Waals surface area contributed by atoms with Gasteiger partial charge >= 0.3 is 0 Å². The number of ether oxygens (including phenoxy) is 2. The number of unbranched alkanes of at least 4 members (excludes halogenated alkanes) is 7. The van der Waals surface area contributed by atoms with Gasteiger partial charge in [0.1, 0.15) is 0 Å². The maximum atomic E-state index is 11.6. The van der Waals surface area contributed by atoms with Gasteiger partial charge in [0, 0.05) is 13.5 Å². The van der Waals surface area contributed by atoms with Crippen LogP contribution in [-0.4, -0.2) is 37.9 Å². The molecule has 2 unspecified atom stereocenters. The summed E-state index contributed by atoms with van der Waals surface area (Å²) in [6.45, 7) is 6.60. The summed E-state index contributed by atoms with van der Waals surface area (Å²) < 4.78 is 10.7. The zero-order valence-electron chi connectivity index (χ0n) is 14.2. The minimum atomic E-state index is -0.453. The van der Waals surface area contributed by atoms with Gasteiger partial charge in [-0.2, -0.15) is 0 Å². The Hall–Kier alpha value is -0.160. The summed E-state index contributed by atoms with van der Waals surface area (Å²) >= 11 is 0. The molecule has 0 aliphatic rings. The molecule has 0 radical (unpaired) electrons. The molecule has 0 fully saturated rings. The number of hydrogen-bond acceptors (Lipinski definition) is 3. The van der Waals surface area contributed by atoms with Crippen molar-refractivity contribution in [1.29, 1.82) is 0 Å². The van der Waals surface area contributed by atoms with Crippen LogP contribution in [0.3, 0.4) is 0 Å². The summed E-state index contributed by atoms with van der Waals surface area (Å²) in [6.07, 6.45) is 9.64. The molecule has 122 valence electrons. The lowest BCUT2D eigenvalue weighted by atomic mass is 10.1. The lowest BCUT2D eigenvalue weighted by Gasteiger charge is -2.40. The van der Waals surface area contributed by atoms with Crippen molar-refractivity contribution in [3.05, 3.63) is 5.21 Å². The van der Waals surface area contributed by atoms with E-state index < -0.39 is 10.9 Å². The molecule has 2 atom stereocenters. The van der Waals surface area contributed by atoms with Crippen LogP contribution >= 0.6 is 0 Å². The van der Waals surface area contributed by atoms with Crippen LogP contribution in [0.2, 0.25) is 0 Å². The number of rotatable bonds is 13. The SMILES string of the molecule is CCCCCCCCCCOC(C)OC(C)[N+](C)(C)[O-]. The third-order valence-corrected chi connectivity index (χ3v) is 3.61. The van der Waals surface area contributed by atoms with E-state index in [0.29, 0.717) is 0 Å². The zero-order chi connectivity index (χ0) is 15.4. The van der Waals surface area contributed by atoms with Crippen molar-refractivity contribution >= 4 is 0 Å². The van der Waals surface area contributed by atoms with Gasteiger partial charge < -0.3 is 19.3 Å². The van der Waals surface area contributed by atoms with Gasteiger partial charge in [-0.15, -0.1) is 0 Å². The van der Waals surface area contributed by atoms with Crippen molar-refractivity contribution in [2.24, 2.45) is 0 Å². The van der Waals surface area contributed by atoms with Crippen LogP contribution in [0.5, 0.6) is 0 Å². The van der Waals surface area contributed by atoms with Crippen molar-refractivity contribution in [3.63, 3.8) is 0 Å². The van der Waals surface area contributed by atoms with E-state index in [0.717, 1.165) is 13.0 Å². The van der Waals surface area contributed by atoms with E-state index in [-0.39, 0.29) is 6.29 Å². The first-order chi connectivity index (χ1) is 9.38. The second-order valence-electron chi connectivity index (χ2n) is 6.08.